The molecule has 156 valence electrons. The van der Waals surface area contributed by atoms with E-state index in [1.54, 1.807) is 20.3 Å². The van der Waals surface area contributed by atoms with E-state index in [0.717, 1.165) is 5.56 Å². The number of nitrogens with zero attached hydrogens (tertiary/aromatic N) is 2. The summed E-state index contributed by atoms with van der Waals surface area (Å²) in [6.45, 7) is 0. The Morgan fingerprint density at radius 3 is 2.39 bits per heavy atom. The molecule has 8 nitrogen and oxygen atoms in total. The molecular weight excluding hydrogens is 418 g/mol. The van der Waals surface area contributed by atoms with Gasteiger partial charge < -0.3 is 15.2 Å². The molecule has 0 bridgehead atoms. The largest absolute Gasteiger partial charge is 0.493 e. The van der Waals surface area contributed by atoms with Crippen LogP contribution in [0.5, 0.6) is 11.5 Å². The minimum Gasteiger partial charge on any atom is -0.493 e. The van der Waals surface area contributed by atoms with Gasteiger partial charge in [0.2, 0.25) is 5.78 Å². The van der Waals surface area contributed by atoms with E-state index in [0.29, 0.717) is 43.5 Å². The summed E-state index contributed by atoms with van der Waals surface area (Å²) in [7, 11) is 3.13. The van der Waals surface area contributed by atoms with E-state index < -0.39 is 4.92 Å². The molecule has 0 spiro atoms. The third-order valence-electron chi connectivity index (χ3n) is 4.82. The number of benzene rings is 2. The summed E-state index contributed by atoms with van der Waals surface area (Å²) in [4.78, 5) is 28.9. The van der Waals surface area contributed by atoms with Crippen LogP contribution in [0.3, 0.4) is 0 Å². The monoisotopic (exact) mass is 435 g/mol. The van der Waals surface area contributed by atoms with Gasteiger partial charge in [-0.25, -0.2) is 4.98 Å². The van der Waals surface area contributed by atoms with Crippen molar-refractivity contribution < 1.29 is 19.2 Å². The van der Waals surface area contributed by atoms with Crippen molar-refractivity contribution in [3.05, 3.63) is 75.2 Å². The number of aromatic nitrogens is 1. The van der Waals surface area contributed by atoms with Crippen LogP contribution in [0.2, 0.25) is 0 Å². The van der Waals surface area contributed by atoms with E-state index in [1.807, 2.05) is 24.3 Å². The van der Waals surface area contributed by atoms with Crippen molar-refractivity contribution in [2.45, 2.75) is 0 Å². The molecule has 0 unspecified atom stereocenters. The number of anilines is 1. The second kappa shape index (κ2) is 8.04. The number of pyridine rings is 1. The number of non-ortho nitro benzene ring substituents is 1. The molecule has 9 heteroatoms. The number of carbonyl (C=O) groups is 1. The third kappa shape index (κ3) is 3.66. The Morgan fingerprint density at radius 2 is 1.74 bits per heavy atom. The smallest absolute Gasteiger partial charge is 0.269 e. The van der Waals surface area contributed by atoms with E-state index in [1.165, 1.54) is 35.6 Å². The Bertz CT molecular complexity index is 1310. The molecule has 31 heavy (non-hydrogen) atoms. The van der Waals surface area contributed by atoms with Gasteiger partial charge in [-0.15, -0.1) is 11.3 Å². The number of ether oxygens (including phenoxy) is 2. The second-order valence-corrected chi connectivity index (χ2v) is 7.60. The molecule has 0 aliphatic rings. The lowest BCUT2D eigenvalue weighted by Gasteiger charge is -2.09. The molecule has 4 aromatic rings. The SMILES string of the molecule is COc1ccc(-c2ccc3c(N)c(C(=O)c4ccc([N+](=O)[O-])cc4)sc3n2)cc1OC. The first kappa shape index (κ1) is 20.3. The summed E-state index contributed by atoms with van der Waals surface area (Å²) in [5, 5.41) is 11.5. The lowest BCUT2D eigenvalue weighted by molar-refractivity contribution is -0.384. The molecule has 0 amide bonds. The Labute approximate surface area is 181 Å². The summed E-state index contributed by atoms with van der Waals surface area (Å²) < 4.78 is 10.6. The van der Waals surface area contributed by atoms with Crippen molar-refractivity contribution in [2.24, 2.45) is 0 Å². The minimum absolute atomic E-state index is 0.0814. The molecule has 2 aromatic heterocycles. The number of hydrogen-bond donors (Lipinski definition) is 1. The molecule has 2 aromatic carbocycles. The van der Waals surface area contributed by atoms with E-state index in [2.05, 4.69) is 4.98 Å². The van der Waals surface area contributed by atoms with Crippen LogP contribution in [-0.4, -0.2) is 29.9 Å². The Balaban J connectivity index is 1.72. The van der Waals surface area contributed by atoms with Crippen LogP contribution in [0, 0.1) is 10.1 Å². The molecule has 4 rings (SSSR count). The predicted molar refractivity (Wildman–Crippen MR) is 119 cm³/mol. The number of ketones is 1. The van der Waals surface area contributed by atoms with Gasteiger partial charge in [0.1, 0.15) is 9.71 Å². The van der Waals surface area contributed by atoms with Gasteiger partial charge in [0.25, 0.3) is 5.69 Å². The fraction of sp³-hybridized carbons (Fsp3) is 0.0909. The normalized spacial score (nSPS) is 10.8. The number of nitrogens with two attached hydrogens (primary N) is 1. The van der Waals surface area contributed by atoms with Gasteiger partial charge in [0, 0.05) is 28.6 Å². The highest BCUT2D eigenvalue weighted by molar-refractivity contribution is 7.21. The maximum Gasteiger partial charge on any atom is 0.269 e. The summed E-state index contributed by atoms with van der Waals surface area (Å²) in [5.41, 5.74) is 8.34. The first-order valence-corrected chi connectivity index (χ1v) is 9.95. The van der Waals surface area contributed by atoms with Gasteiger partial charge in [0.05, 0.1) is 30.5 Å². The quantitative estimate of drug-likeness (QED) is 0.265. The van der Waals surface area contributed by atoms with E-state index in [4.69, 9.17) is 15.2 Å². The average molecular weight is 435 g/mol. The molecule has 0 radical (unpaired) electrons. The zero-order valence-electron chi connectivity index (χ0n) is 16.6. The number of nitro benzene ring substituents is 1. The zero-order chi connectivity index (χ0) is 22.1. The number of rotatable bonds is 6. The van der Waals surface area contributed by atoms with Crippen molar-refractivity contribution in [1.82, 2.24) is 4.98 Å². The minimum atomic E-state index is -0.512. The van der Waals surface area contributed by atoms with Gasteiger partial charge in [-0.1, -0.05) is 0 Å². The van der Waals surface area contributed by atoms with Crippen molar-refractivity contribution >= 4 is 38.7 Å². The summed E-state index contributed by atoms with van der Waals surface area (Å²) in [5.74, 6) is 0.897. The van der Waals surface area contributed by atoms with E-state index in [-0.39, 0.29) is 11.5 Å². The van der Waals surface area contributed by atoms with Crippen LogP contribution in [0.25, 0.3) is 21.5 Å². The first-order valence-electron chi connectivity index (χ1n) is 9.13. The van der Waals surface area contributed by atoms with Gasteiger partial charge in [-0.2, -0.15) is 0 Å². The predicted octanol–water partition coefficient (Wildman–Crippen LogP) is 4.70. The van der Waals surface area contributed by atoms with Crippen molar-refractivity contribution in [3.63, 3.8) is 0 Å². The van der Waals surface area contributed by atoms with Crippen LogP contribution in [-0.2, 0) is 0 Å². The molecule has 0 saturated heterocycles. The Morgan fingerprint density at radius 1 is 1.03 bits per heavy atom. The van der Waals surface area contributed by atoms with Crippen LogP contribution in [0.15, 0.2) is 54.6 Å². The number of fused-ring (bicyclic) bond motifs is 1. The van der Waals surface area contributed by atoms with E-state index >= 15 is 0 Å². The fourth-order valence-corrected chi connectivity index (χ4v) is 4.24. The second-order valence-electron chi connectivity index (χ2n) is 6.60. The summed E-state index contributed by atoms with van der Waals surface area (Å²) in [6, 6.07) is 14.6. The maximum atomic E-state index is 12.9. The van der Waals surface area contributed by atoms with E-state index in [9.17, 15) is 14.9 Å². The molecule has 0 aliphatic heterocycles. The average Bonchev–Trinajstić information content (AvgIpc) is 3.13. The topological polar surface area (TPSA) is 118 Å². The number of nitrogen functional groups attached to an aromatic ring is 1. The molecule has 2 N–H and O–H groups in total. The number of carbonyl (C=O) groups excluding carboxylic acids is 1. The number of nitro groups is 1. The molecule has 0 fully saturated rings. The van der Waals surface area contributed by atoms with Gasteiger partial charge >= 0.3 is 0 Å². The summed E-state index contributed by atoms with van der Waals surface area (Å²) in [6.07, 6.45) is 0. The van der Waals surface area contributed by atoms with Crippen LogP contribution < -0.4 is 15.2 Å². The molecule has 0 atom stereocenters. The van der Waals surface area contributed by atoms with Crippen molar-refractivity contribution in [2.75, 3.05) is 20.0 Å². The first-order chi connectivity index (χ1) is 14.9. The highest BCUT2D eigenvalue weighted by Crippen LogP contribution is 2.37. The molecule has 2 heterocycles. The Hall–Kier alpha value is -3.98. The van der Waals surface area contributed by atoms with Crippen LogP contribution in [0.1, 0.15) is 15.2 Å². The number of hydrogen-bond acceptors (Lipinski definition) is 8. The Kier molecular flexibility index (Phi) is 5.26. The lowest BCUT2D eigenvalue weighted by atomic mass is 10.1. The van der Waals surface area contributed by atoms with Crippen LogP contribution in [0.4, 0.5) is 11.4 Å². The molecule has 0 saturated carbocycles. The van der Waals surface area contributed by atoms with Crippen LogP contribution >= 0.6 is 11.3 Å². The highest BCUT2D eigenvalue weighted by Gasteiger charge is 2.20. The summed E-state index contributed by atoms with van der Waals surface area (Å²) >= 11 is 1.19. The van der Waals surface area contributed by atoms with Crippen molar-refractivity contribution in [1.29, 1.82) is 0 Å². The van der Waals surface area contributed by atoms with Gasteiger partial charge in [-0.05, 0) is 42.5 Å². The maximum absolute atomic E-state index is 12.9. The molecular formula is C22H17N3O5S. The highest BCUT2D eigenvalue weighted by atomic mass is 32.1. The standard InChI is InChI=1S/C22H17N3O5S/c1-29-17-10-5-13(11-18(17)30-2)16-9-8-15-19(23)21(31-22(15)24-16)20(26)12-3-6-14(7-4-12)25(27)28/h3-11H,23H2,1-2H3. The number of thiophene rings is 1. The van der Waals surface area contributed by atoms with Gasteiger partial charge in [-0.3, -0.25) is 14.9 Å². The molecule has 0 aliphatic carbocycles. The fourth-order valence-electron chi connectivity index (χ4n) is 3.19. The zero-order valence-corrected chi connectivity index (χ0v) is 17.4. The van der Waals surface area contributed by atoms with Crippen molar-refractivity contribution in [3.8, 4) is 22.8 Å². The van der Waals surface area contributed by atoms with Gasteiger partial charge in [0.15, 0.2) is 11.5 Å². The number of methoxy groups -OCH3 is 2. The third-order valence-corrected chi connectivity index (χ3v) is 5.93. The lowest BCUT2D eigenvalue weighted by Crippen LogP contribution is -2.02.